The molecule has 0 radical (unpaired) electrons. The zero-order chi connectivity index (χ0) is 27.4. The average molecular weight is 533 g/mol. The summed E-state index contributed by atoms with van der Waals surface area (Å²) < 4.78 is 44.7. The summed E-state index contributed by atoms with van der Waals surface area (Å²) in [6.45, 7) is 4.19. The molecule has 0 spiro atoms. The molecule has 2 aliphatic rings. The van der Waals surface area contributed by atoms with Crippen LogP contribution in [0.4, 0.5) is 14.5 Å². The van der Waals surface area contributed by atoms with Crippen molar-refractivity contribution in [3.05, 3.63) is 64.4 Å². The number of carboxylic acids is 2. The Morgan fingerprint density at radius 3 is 2.61 bits per heavy atom. The second kappa shape index (κ2) is 11.7. The molecule has 204 valence electrons. The summed E-state index contributed by atoms with van der Waals surface area (Å²) in [4.78, 5) is 26.5. The van der Waals surface area contributed by atoms with Gasteiger partial charge in [0.25, 0.3) is 0 Å². The number of methoxy groups -OCH3 is 1. The molecule has 9 nitrogen and oxygen atoms in total. The summed E-state index contributed by atoms with van der Waals surface area (Å²) in [6.07, 6.45) is 1.21. The topological polar surface area (TPSA) is 109 Å². The van der Waals surface area contributed by atoms with E-state index in [2.05, 4.69) is 4.90 Å². The molecule has 2 aromatic rings. The van der Waals surface area contributed by atoms with Gasteiger partial charge in [-0.25, -0.2) is 18.4 Å². The maximum Gasteiger partial charge on any atom is 0.352 e. The van der Waals surface area contributed by atoms with E-state index in [1.165, 1.54) is 13.2 Å². The second-order valence-electron chi connectivity index (χ2n) is 9.21. The Balaban J connectivity index is 1.59. The lowest BCUT2D eigenvalue weighted by molar-refractivity contribution is -0.136. The number of anilines is 1. The average Bonchev–Trinajstić information content (AvgIpc) is 3.07. The molecule has 2 aromatic carbocycles. The largest absolute Gasteiger partial charge is 0.490 e. The highest BCUT2D eigenvalue weighted by Gasteiger charge is 2.29. The summed E-state index contributed by atoms with van der Waals surface area (Å²) in [7, 11) is 1.52. The van der Waals surface area contributed by atoms with Gasteiger partial charge in [0.2, 0.25) is 0 Å². The van der Waals surface area contributed by atoms with Crippen molar-refractivity contribution < 1.29 is 42.8 Å². The SMILES string of the molecule is COCC(CN1CCOc2cc3c(c(C)c21)CCN(/C(=C\C(=O)O)C(=O)O)CC3)Oc1ccc(F)cc1F. The number of fused-ring (bicyclic) bond motifs is 2. The molecule has 2 N–H and O–H groups in total. The first-order chi connectivity index (χ1) is 18.2. The molecule has 38 heavy (non-hydrogen) atoms. The monoisotopic (exact) mass is 532 g/mol. The van der Waals surface area contributed by atoms with Crippen LogP contribution in [0, 0.1) is 18.6 Å². The molecule has 1 unspecified atom stereocenters. The lowest BCUT2D eigenvalue weighted by atomic mass is 9.94. The molecule has 2 heterocycles. The number of aliphatic carboxylic acids is 2. The molecule has 0 amide bonds. The highest BCUT2D eigenvalue weighted by atomic mass is 19.1. The van der Waals surface area contributed by atoms with Gasteiger partial charge in [-0.1, -0.05) is 0 Å². The second-order valence-corrected chi connectivity index (χ2v) is 9.21. The van der Waals surface area contributed by atoms with Crippen molar-refractivity contribution in [1.29, 1.82) is 0 Å². The normalized spacial score (nSPS) is 16.2. The van der Waals surface area contributed by atoms with E-state index in [1.807, 2.05) is 13.0 Å². The predicted octanol–water partition coefficient (Wildman–Crippen LogP) is 3.02. The van der Waals surface area contributed by atoms with Crippen LogP contribution in [0.25, 0.3) is 0 Å². The number of carboxylic acid groups (broad SMARTS) is 2. The number of rotatable bonds is 9. The van der Waals surface area contributed by atoms with Crippen LogP contribution in [-0.4, -0.2) is 79.7 Å². The molecule has 1 atom stereocenters. The number of hydrogen-bond acceptors (Lipinski definition) is 7. The number of carbonyl (C=O) groups is 2. The molecular formula is C27H30F2N2O7. The summed E-state index contributed by atoms with van der Waals surface area (Å²) in [5.74, 6) is -3.46. The van der Waals surface area contributed by atoms with Crippen LogP contribution >= 0.6 is 0 Å². The standard InChI is InChI=1S/C27H30F2N2O7/c1-16-20-6-8-30(22(27(34)35)13-25(32)33)7-5-17(20)11-24-26(16)31(9-10-37-24)14-19(15-36-2)38-23-4-3-18(28)12-21(23)29/h3-4,11-13,19H,5-10,14-15H2,1-2H3,(H,32,33)(H,34,35)/b22-13-. The maximum atomic E-state index is 14.3. The zero-order valence-electron chi connectivity index (χ0n) is 21.2. The van der Waals surface area contributed by atoms with Gasteiger partial charge < -0.3 is 34.2 Å². The highest BCUT2D eigenvalue weighted by molar-refractivity contribution is 5.94. The Morgan fingerprint density at radius 1 is 1.16 bits per heavy atom. The fourth-order valence-corrected chi connectivity index (χ4v) is 5.08. The molecule has 0 bridgehead atoms. The van der Waals surface area contributed by atoms with E-state index in [0.29, 0.717) is 51.4 Å². The Labute approximate surface area is 218 Å². The summed E-state index contributed by atoms with van der Waals surface area (Å²) in [5, 5.41) is 18.7. The van der Waals surface area contributed by atoms with Gasteiger partial charge in [-0.15, -0.1) is 0 Å². The minimum absolute atomic E-state index is 0.0654. The quantitative estimate of drug-likeness (QED) is 0.471. The minimum atomic E-state index is -1.31. The number of benzene rings is 2. The van der Waals surface area contributed by atoms with Gasteiger partial charge in [0.1, 0.15) is 30.0 Å². The van der Waals surface area contributed by atoms with Gasteiger partial charge in [0.05, 0.1) is 31.5 Å². The molecule has 4 rings (SSSR count). The number of ether oxygens (including phenoxy) is 3. The molecule has 2 aliphatic heterocycles. The van der Waals surface area contributed by atoms with Crippen molar-refractivity contribution in [1.82, 2.24) is 4.90 Å². The van der Waals surface area contributed by atoms with Crippen LogP contribution in [0.2, 0.25) is 0 Å². The van der Waals surface area contributed by atoms with Crippen LogP contribution in [0.15, 0.2) is 36.0 Å². The van der Waals surface area contributed by atoms with E-state index in [0.717, 1.165) is 40.6 Å². The minimum Gasteiger partial charge on any atom is -0.490 e. The highest BCUT2D eigenvalue weighted by Crippen LogP contribution is 2.40. The third-order valence-electron chi connectivity index (χ3n) is 6.74. The summed E-state index contributed by atoms with van der Waals surface area (Å²) in [6, 6.07) is 5.12. The maximum absolute atomic E-state index is 14.3. The fourth-order valence-electron chi connectivity index (χ4n) is 5.08. The van der Waals surface area contributed by atoms with Crippen molar-refractivity contribution >= 4 is 17.6 Å². The summed E-state index contributed by atoms with van der Waals surface area (Å²) >= 11 is 0. The van der Waals surface area contributed by atoms with E-state index in [1.54, 1.807) is 4.90 Å². The van der Waals surface area contributed by atoms with E-state index in [9.17, 15) is 23.5 Å². The fraction of sp³-hybridized carbons (Fsp3) is 0.407. The van der Waals surface area contributed by atoms with Crippen molar-refractivity contribution in [2.75, 3.05) is 51.4 Å². The molecular weight excluding hydrogens is 502 g/mol. The number of halogens is 2. The van der Waals surface area contributed by atoms with Gasteiger partial charge in [-0.05, 0) is 54.7 Å². The van der Waals surface area contributed by atoms with Crippen molar-refractivity contribution in [2.24, 2.45) is 0 Å². The molecule has 0 aromatic heterocycles. The van der Waals surface area contributed by atoms with E-state index in [-0.39, 0.29) is 18.1 Å². The van der Waals surface area contributed by atoms with Crippen molar-refractivity contribution in [2.45, 2.75) is 25.9 Å². The molecule has 0 saturated heterocycles. The van der Waals surface area contributed by atoms with Gasteiger partial charge in [0.15, 0.2) is 11.6 Å². The Hall–Kier alpha value is -3.86. The van der Waals surface area contributed by atoms with Gasteiger partial charge >= 0.3 is 11.9 Å². The number of nitrogens with zero attached hydrogens (tertiary/aromatic N) is 2. The molecule has 0 fully saturated rings. The Kier molecular flexibility index (Phi) is 8.35. The molecule has 0 saturated carbocycles. The van der Waals surface area contributed by atoms with Crippen LogP contribution < -0.4 is 14.4 Å². The van der Waals surface area contributed by atoms with Crippen LogP contribution in [0.3, 0.4) is 0 Å². The van der Waals surface area contributed by atoms with Gasteiger partial charge in [-0.2, -0.15) is 0 Å². The van der Waals surface area contributed by atoms with Crippen LogP contribution in [-0.2, 0) is 27.2 Å². The lowest BCUT2D eigenvalue weighted by Crippen LogP contribution is -2.43. The third kappa shape index (κ3) is 5.99. The molecule has 11 heteroatoms. The molecule has 0 aliphatic carbocycles. The van der Waals surface area contributed by atoms with E-state index >= 15 is 0 Å². The zero-order valence-corrected chi connectivity index (χ0v) is 21.2. The lowest BCUT2D eigenvalue weighted by Gasteiger charge is -2.36. The van der Waals surface area contributed by atoms with Gasteiger partial charge in [0, 0.05) is 26.3 Å². The van der Waals surface area contributed by atoms with Crippen molar-refractivity contribution in [3.8, 4) is 11.5 Å². The smallest absolute Gasteiger partial charge is 0.352 e. The summed E-state index contributed by atoms with van der Waals surface area (Å²) in [5.41, 5.74) is 3.66. The van der Waals surface area contributed by atoms with E-state index < -0.39 is 29.7 Å². The van der Waals surface area contributed by atoms with Crippen molar-refractivity contribution in [3.63, 3.8) is 0 Å². The van der Waals surface area contributed by atoms with Crippen LogP contribution in [0.5, 0.6) is 11.5 Å². The first kappa shape index (κ1) is 27.2. The first-order valence-electron chi connectivity index (χ1n) is 12.2. The Morgan fingerprint density at radius 2 is 1.92 bits per heavy atom. The van der Waals surface area contributed by atoms with E-state index in [4.69, 9.17) is 19.3 Å². The predicted molar refractivity (Wildman–Crippen MR) is 134 cm³/mol. The van der Waals surface area contributed by atoms with Crippen LogP contribution in [0.1, 0.15) is 16.7 Å². The van der Waals surface area contributed by atoms with Gasteiger partial charge in [-0.3, -0.25) is 0 Å². The first-order valence-corrected chi connectivity index (χ1v) is 12.2. The third-order valence-corrected chi connectivity index (χ3v) is 6.74. The Bertz CT molecular complexity index is 1250. The number of hydrogen-bond donors (Lipinski definition) is 2.